The van der Waals surface area contributed by atoms with Gasteiger partial charge in [-0.1, -0.05) is 19.3 Å². The summed E-state index contributed by atoms with van der Waals surface area (Å²) >= 11 is 0. The number of methoxy groups -OCH3 is 2. The van der Waals surface area contributed by atoms with Crippen LogP contribution in [0.1, 0.15) is 32.1 Å². The molecule has 1 aliphatic rings. The van der Waals surface area contributed by atoms with Crippen molar-refractivity contribution in [3.05, 3.63) is 0 Å². The Morgan fingerprint density at radius 2 is 1.63 bits per heavy atom. The second-order valence-electron chi connectivity index (χ2n) is 5.41. The minimum Gasteiger partial charge on any atom is -0.481 e. The second kappa shape index (κ2) is 8.51. The first kappa shape index (κ1) is 16.4. The lowest BCUT2D eigenvalue weighted by atomic mass is 9.73. The van der Waals surface area contributed by atoms with Crippen LogP contribution in [0.15, 0.2) is 0 Å². The molecule has 0 aromatic heterocycles. The standard InChI is InChI=1S/C14H27NO4/c1-18-10-8-15(9-11-19-2)12-14(13(16)17)6-4-3-5-7-14/h3-12H2,1-2H3,(H,16,17). The lowest BCUT2D eigenvalue weighted by molar-refractivity contribution is -0.152. The van der Waals surface area contributed by atoms with E-state index in [1.807, 2.05) is 0 Å². The van der Waals surface area contributed by atoms with Crippen molar-refractivity contribution in [2.75, 3.05) is 47.1 Å². The van der Waals surface area contributed by atoms with Gasteiger partial charge in [0.2, 0.25) is 0 Å². The van der Waals surface area contributed by atoms with Crippen molar-refractivity contribution in [2.24, 2.45) is 5.41 Å². The summed E-state index contributed by atoms with van der Waals surface area (Å²) in [5.41, 5.74) is -0.570. The number of nitrogens with zero attached hydrogens (tertiary/aromatic N) is 1. The molecule has 5 heteroatoms. The van der Waals surface area contributed by atoms with Crippen molar-refractivity contribution in [3.63, 3.8) is 0 Å². The molecule has 0 radical (unpaired) electrons. The Morgan fingerprint density at radius 3 is 2.05 bits per heavy atom. The maximum atomic E-state index is 11.7. The monoisotopic (exact) mass is 273 g/mol. The summed E-state index contributed by atoms with van der Waals surface area (Å²) < 4.78 is 10.2. The maximum Gasteiger partial charge on any atom is 0.310 e. The molecule has 0 spiro atoms. The van der Waals surface area contributed by atoms with Gasteiger partial charge < -0.3 is 14.6 Å². The summed E-state index contributed by atoms with van der Waals surface area (Å²) in [6, 6.07) is 0. The van der Waals surface area contributed by atoms with Gasteiger partial charge in [0.1, 0.15) is 0 Å². The normalized spacial score (nSPS) is 18.7. The third kappa shape index (κ3) is 5.09. The van der Waals surface area contributed by atoms with Gasteiger partial charge in [-0.25, -0.2) is 0 Å². The average Bonchev–Trinajstić information content (AvgIpc) is 2.42. The number of hydrogen-bond donors (Lipinski definition) is 1. The molecule has 1 N–H and O–H groups in total. The molecule has 0 bridgehead atoms. The molecule has 5 nitrogen and oxygen atoms in total. The predicted molar refractivity (Wildman–Crippen MR) is 73.3 cm³/mol. The van der Waals surface area contributed by atoms with Crippen molar-refractivity contribution in [1.29, 1.82) is 0 Å². The minimum absolute atomic E-state index is 0.570. The molecule has 0 amide bonds. The van der Waals surface area contributed by atoms with Crippen LogP contribution >= 0.6 is 0 Å². The molecule has 112 valence electrons. The topological polar surface area (TPSA) is 59.0 Å². The SMILES string of the molecule is COCCN(CCOC)CC1(C(=O)O)CCCCC1. The van der Waals surface area contributed by atoms with Crippen LogP contribution in [0.4, 0.5) is 0 Å². The van der Waals surface area contributed by atoms with Crippen LogP contribution < -0.4 is 0 Å². The predicted octanol–water partition coefficient (Wildman–Crippen LogP) is 1.62. The highest BCUT2D eigenvalue weighted by Crippen LogP contribution is 2.37. The van der Waals surface area contributed by atoms with Crippen LogP contribution in [0.25, 0.3) is 0 Å². The minimum atomic E-state index is -0.646. The molecule has 1 rings (SSSR count). The molecule has 0 aliphatic heterocycles. The molecule has 0 saturated heterocycles. The Kier molecular flexibility index (Phi) is 7.34. The second-order valence-corrected chi connectivity index (χ2v) is 5.41. The van der Waals surface area contributed by atoms with E-state index in [0.717, 1.165) is 45.2 Å². The highest BCUT2D eigenvalue weighted by Gasteiger charge is 2.40. The molecule has 0 aromatic rings. The lowest BCUT2D eigenvalue weighted by Gasteiger charge is -2.37. The first-order valence-corrected chi connectivity index (χ1v) is 7.08. The van der Waals surface area contributed by atoms with Crippen LogP contribution in [0, 0.1) is 5.41 Å². The van der Waals surface area contributed by atoms with E-state index in [1.165, 1.54) is 0 Å². The zero-order valence-corrected chi connectivity index (χ0v) is 12.2. The van der Waals surface area contributed by atoms with Crippen molar-refractivity contribution < 1.29 is 19.4 Å². The van der Waals surface area contributed by atoms with E-state index in [9.17, 15) is 9.90 Å². The smallest absolute Gasteiger partial charge is 0.310 e. The highest BCUT2D eigenvalue weighted by molar-refractivity contribution is 5.75. The number of ether oxygens (including phenoxy) is 2. The molecule has 1 saturated carbocycles. The van der Waals surface area contributed by atoms with Crippen molar-refractivity contribution in [3.8, 4) is 0 Å². The van der Waals surface area contributed by atoms with E-state index in [0.29, 0.717) is 19.8 Å². The molecule has 0 unspecified atom stereocenters. The third-order valence-corrected chi connectivity index (χ3v) is 4.01. The van der Waals surface area contributed by atoms with E-state index in [1.54, 1.807) is 14.2 Å². The van der Waals surface area contributed by atoms with Gasteiger partial charge in [-0.2, -0.15) is 0 Å². The van der Waals surface area contributed by atoms with E-state index < -0.39 is 11.4 Å². The van der Waals surface area contributed by atoms with E-state index in [-0.39, 0.29) is 0 Å². The Balaban J connectivity index is 2.63. The van der Waals surface area contributed by atoms with Gasteiger partial charge in [-0.05, 0) is 12.8 Å². The fraction of sp³-hybridized carbons (Fsp3) is 0.929. The average molecular weight is 273 g/mol. The Bertz CT molecular complexity index is 256. The van der Waals surface area contributed by atoms with Crippen molar-refractivity contribution in [1.82, 2.24) is 4.90 Å². The summed E-state index contributed by atoms with van der Waals surface area (Å²) in [7, 11) is 3.34. The van der Waals surface area contributed by atoms with Crippen LogP contribution in [0.2, 0.25) is 0 Å². The fourth-order valence-electron chi connectivity index (χ4n) is 2.81. The van der Waals surface area contributed by atoms with E-state index in [4.69, 9.17) is 9.47 Å². The number of carbonyl (C=O) groups is 1. The first-order chi connectivity index (χ1) is 9.14. The molecule has 0 atom stereocenters. The molecular weight excluding hydrogens is 246 g/mol. The summed E-state index contributed by atoms with van der Waals surface area (Å²) in [6.45, 7) is 3.37. The molecule has 0 heterocycles. The van der Waals surface area contributed by atoms with Gasteiger partial charge in [-0.15, -0.1) is 0 Å². The van der Waals surface area contributed by atoms with Gasteiger partial charge in [0.05, 0.1) is 18.6 Å². The van der Waals surface area contributed by atoms with Crippen molar-refractivity contribution in [2.45, 2.75) is 32.1 Å². The van der Waals surface area contributed by atoms with Crippen LogP contribution in [-0.4, -0.2) is 63.0 Å². The van der Waals surface area contributed by atoms with Crippen LogP contribution in [0.3, 0.4) is 0 Å². The Morgan fingerprint density at radius 1 is 1.11 bits per heavy atom. The van der Waals surface area contributed by atoms with Gasteiger partial charge in [0.15, 0.2) is 0 Å². The zero-order chi connectivity index (χ0) is 14.1. The van der Waals surface area contributed by atoms with Gasteiger partial charge in [0, 0.05) is 33.9 Å². The fourth-order valence-corrected chi connectivity index (χ4v) is 2.81. The van der Waals surface area contributed by atoms with Gasteiger partial charge in [-0.3, -0.25) is 9.69 Å². The van der Waals surface area contributed by atoms with Gasteiger partial charge >= 0.3 is 5.97 Å². The van der Waals surface area contributed by atoms with Crippen LogP contribution in [-0.2, 0) is 14.3 Å². The lowest BCUT2D eigenvalue weighted by Crippen LogP contribution is -2.46. The number of hydrogen-bond acceptors (Lipinski definition) is 4. The summed E-state index contributed by atoms with van der Waals surface area (Å²) in [4.78, 5) is 13.8. The zero-order valence-electron chi connectivity index (χ0n) is 12.2. The number of carboxylic acid groups (broad SMARTS) is 1. The van der Waals surface area contributed by atoms with E-state index in [2.05, 4.69) is 4.90 Å². The molecule has 19 heavy (non-hydrogen) atoms. The van der Waals surface area contributed by atoms with Crippen LogP contribution in [0.5, 0.6) is 0 Å². The largest absolute Gasteiger partial charge is 0.481 e. The number of rotatable bonds is 9. The molecule has 1 fully saturated rings. The highest BCUT2D eigenvalue weighted by atomic mass is 16.5. The number of carboxylic acids is 1. The Hall–Kier alpha value is -0.650. The molecule has 0 aromatic carbocycles. The maximum absolute atomic E-state index is 11.7. The summed E-state index contributed by atoms with van der Waals surface area (Å²) in [5.74, 6) is -0.646. The molecule has 1 aliphatic carbocycles. The third-order valence-electron chi connectivity index (χ3n) is 4.01. The summed E-state index contributed by atoms with van der Waals surface area (Å²) in [5, 5.41) is 9.60. The van der Waals surface area contributed by atoms with E-state index >= 15 is 0 Å². The number of aliphatic carboxylic acids is 1. The van der Waals surface area contributed by atoms with Gasteiger partial charge in [0.25, 0.3) is 0 Å². The quantitative estimate of drug-likeness (QED) is 0.691. The Labute approximate surface area is 115 Å². The summed E-state index contributed by atoms with van der Waals surface area (Å²) in [6.07, 6.45) is 4.78. The first-order valence-electron chi connectivity index (χ1n) is 7.08. The van der Waals surface area contributed by atoms with Crippen molar-refractivity contribution >= 4 is 5.97 Å². The molecular formula is C14H27NO4.